The number of furan rings is 1. The van der Waals surface area contributed by atoms with Gasteiger partial charge in [-0.2, -0.15) is 5.26 Å². The summed E-state index contributed by atoms with van der Waals surface area (Å²) in [5.74, 6) is 0.733. The van der Waals surface area contributed by atoms with Crippen molar-refractivity contribution in [2.45, 2.75) is 12.5 Å². The maximum atomic E-state index is 12.1. The maximum absolute atomic E-state index is 12.1. The number of nitriles is 1. The van der Waals surface area contributed by atoms with Crippen LogP contribution in [0.25, 0.3) is 6.08 Å². The minimum atomic E-state index is -0.195. The van der Waals surface area contributed by atoms with Crippen LogP contribution in [0.4, 0.5) is 0 Å². The van der Waals surface area contributed by atoms with Crippen LogP contribution in [0, 0.1) is 11.3 Å². The van der Waals surface area contributed by atoms with E-state index in [1.54, 1.807) is 29.4 Å². The molecule has 1 saturated heterocycles. The molecule has 1 unspecified atom stereocenters. The van der Waals surface area contributed by atoms with Gasteiger partial charge in [0.25, 0.3) is 5.88 Å². The molecule has 7 nitrogen and oxygen atoms in total. The highest BCUT2D eigenvalue weighted by molar-refractivity contribution is 5.91. The zero-order chi connectivity index (χ0) is 16.1. The molecule has 1 aliphatic heterocycles. The second kappa shape index (κ2) is 6.75. The number of aromatic nitrogens is 2. The molecule has 1 atom stereocenters. The lowest BCUT2D eigenvalue weighted by molar-refractivity contribution is -0.125. The lowest BCUT2D eigenvalue weighted by Crippen LogP contribution is -2.29. The van der Waals surface area contributed by atoms with Gasteiger partial charge in [-0.3, -0.25) is 4.79 Å². The Morgan fingerprint density at radius 1 is 1.48 bits per heavy atom. The summed E-state index contributed by atoms with van der Waals surface area (Å²) < 4.78 is 10.8. The van der Waals surface area contributed by atoms with E-state index in [-0.39, 0.29) is 23.6 Å². The summed E-state index contributed by atoms with van der Waals surface area (Å²) in [5, 5.41) is 8.98. The van der Waals surface area contributed by atoms with E-state index in [0.717, 1.165) is 0 Å². The molecule has 3 heterocycles. The number of carbonyl (C=O) groups excluding carboxylic acids is 1. The number of nitrogens with zero attached hydrogens (tertiary/aromatic N) is 4. The monoisotopic (exact) mass is 310 g/mol. The van der Waals surface area contributed by atoms with Crippen LogP contribution in [0.2, 0.25) is 0 Å². The van der Waals surface area contributed by atoms with Crippen LogP contribution < -0.4 is 4.74 Å². The average molecular weight is 310 g/mol. The van der Waals surface area contributed by atoms with Crippen molar-refractivity contribution < 1.29 is 13.9 Å². The first kappa shape index (κ1) is 14.8. The number of ether oxygens (including phenoxy) is 1. The van der Waals surface area contributed by atoms with Crippen LogP contribution in [0.15, 0.2) is 41.3 Å². The van der Waals surface area contributed by atoms with Crippen LogP contribution in [0.5, 0.6) is 5.88 Å². The predicted octanol–water partition coefficient (Wildman–Crippen LogP) is 1.63. The van der Waals surface area contributed by atoms with Crippen LogP contribution in [-0.4, -0.2) is 40.0 Å². The predicted molar refractivity (Wildman–Crippen MR) is 80.1 cm³/mol. The Kier molecular flexibility index (Phi) is 4.34. The highest BCUT2D eigenvalue weighted by atomic mass is 16.5. The van der Waals surface area contributed by atoms with Gasteiger partial charge in [0.1, 0.15) is 17.9 Å². The van der Waals surface area contributed by atoms with Crippen molar-refractivity contribution in [2.75, 3.05) is 13.1 Å². The van der Waals surface area contributed by atoms with Gasteiger partial charge in [0.15, 0.2) is 0 Å². The standard InChI is InChI=1S/C16H14N4O3/c17-10-14-16(19-7-6-18-14)23-13-5-8-20(11-13)15(21)4-3-12-2-1-9-22-12/h1-4,6-7,9,13H,5,8,11H2/b4-3+. The molecule has 0 saturated carbocycles. The van der Waals surface area contributed by atoms with Gasteiger partial charge in [-0.1, -0.05) is 0 Å². The van der Waals surface area contributed by atoms with Crippen molar-refractivity contribution in [3.05, 3.63) is 48.3 Å². The van der Waals surface area contributed by atoms with E-state index in [4.69, 9.17) is 14.4 Å². The zero-order valence-corrected chi connectivity index (χ0v) is 12.3. The normalized spacial score (nSPS) is 17.3. The van der Waals surface area contributed by atoms with Gasteiger partial charge in [0.05, 0.1) is 12.8 Å². The number of amides is 1. The molecule has 2 aromatic rings. The highest BCUT2D eigenvalue weighted by Crippen LogP contribution is 2.18. The minimum absolute atomic E-state index is 0.104. The summed E-state index contributed by atoms with van der Waals surface area (Å²) in [4.78, 5) is 21.7. The zero-order valence-electron chi connectivity index (χ0n) is 12.3. The molecule has 23 heavy (non-hydrogen) atoms. The fourth-order valence-electron chi connectivity index (χ4n) is 2.32. The Balaban J connectivity index is 1.58. The van der Waals surface area contributed by atoms with Crippen molar-refractivity contribution >= 4 is 12.0 Å². The molecule has 1 aliphatic rings. The van der Waals surface area contributed by atoms with E-state index in [0.29, 0.717) is 25.3 Å². The third-order valence-electron chi connectivity index (χ3n) is 3.44. The largest absolute Gasteiger partial charge is 0.470 e. The molecule has 2 aromatic heterocycles. The van der Waals surface area contributed by atoms with Gasteiger partial charge in [-0.25, -0.2) is 9.97 Å². The summed E-state index contributed by atoms with van der Waals surface area (Å²) in [7, 11) is 0. The van der Waals surface area contributed by atoms with Gasteiger partial charge in [-0.05, 0) is 18.2 Å². The van der Waals surface area contributed by atoms with E-state index in [2.05, 4.69) is 9.97 Å². The number of carbonyl (C=O) groups is 1. The summed E-state index contributed by atoms with van der Waals surface area (Å²) in [5.41, 5.74) is 0.148. The van der Waals surface area contributed by atoms with Gasteiger partial charge >= 0.3 is 0 Å². The molecule has 0 bridgehead atoms. The van der Waals surface area contributed by atoms with Crippen LogP contribution in [0.3, 0.4) is 0 Å². The maximum Gasteiger partial charge on any atom is 0.251 e. The Morgan fingerprint density at radius 3 is 3.13 bits per heavy atom. The summed E-state index contributed by atoms with van der Waals surface area (Å²) in [6.07, 6.45) is 8.06. The molecule has 0 N–H and O–H groups in total. The topological polar surface area (TPSA) is 92.2 Å². The van der Waals surface area contributed by atoms with E-state index in [9.17, 15) is 4.79 Å². The lowest BCUT2D eigenvalue weighted by atomic mass is 10.3. The first-order chi connectivity index (χ1) is 11.3. The quantitative estimate of drug-likeness (QED) is 0.797. The van der Waals surface area contributed by atoms with Gasteiger partial charge in [0, 0.05) is 31.4 Å². The molecule has 1 fully saturated rings. The first-order valence-corrected chi connectivity index (χ1v) is 7.14. The van der Waals surface area contributed by atoms with Crippen molar-refractivity contribution in [3.63, 3.8) is 0 Å². The highest BCUT2D eigenvalue weighted by Gasteiger charge is 2.27. The van der Waals surface area contributed by atoms with E-state index in [1.165, 1.54) is 18.5 Å². The van der Waals surface area contributed by atoms with Crippen LogP contribution >= 0.6 is 0 Å². The third-order valence-corrected chi connectivity index (χ3v) is 3.44. The van der Waals surface area contributed by atoms with Crippen molar-refractivity contribution in [3.8, 4) is 11.9 Å². The Labute approximate surface area is 132 Å². The smallest absolute Gasteiger partial charge is 0.251 e. The first-order valence-electron chi connectivity index (χ1n) is 7.14. The minimum Gasteiger partial charge on any atom is -0.470 e. The SMILES string of the molecule is N#Cc1nccnc1OC1CCN(C(=O)/C=C/c2ccco2)C1. The molecule has 7 heteroatoms. The Bertz CT molecular complexity index is 749. The average Bonchev–Trinajstić information content (AvgIpc) is 3.25. The van der Waals surface area contributed by atoms with Crippen LogP contribution in [-0.2, 0) is 4.79 Å². The number of hydrogen-bond donors (Lipinski definition) is 0. The van der Waals surface area contributed by atoms with Gasteiger partial charge in [-0.15, -0.1) is 0 Å². The fourth-order valence-corrected chi connectivity index (χ4v) is 2.32. The van der Waals surface area contributed by atoms with Crippen molar-refractivity contribution in [1.29, 1.82) is 5.26 Å². The van der Waals surface area contributed by atoms with Crippen molar-refractivity contribution in [2.24, 2.45) is 0 Å². The van der Waals surface area contributed by atoms with Gasteiger partial charge < -0.3 is 14.1 Å². The fraction of sp³-hybridized carbons (Fsp3) is 0.250. The molecule has 0 aromatic carbocycles. The molecule has 1 amide bonds. The molecular formula is C16H14N4O3. The number of hydrogen-bond acceptors (Lipinski definition) is 6. The van der Waals surface area contributed by atoms with E-state index >= 15 is 0 Å². The molecule has 0 aliphatic carbocycles. The van der Waals surface area contributed by atoms with E-state index in [1.807, 2.05) is 6.07 Å². The second-order valence-corrected chi connectivity index (χ2v) is 4.98. The number of rotatable bonds is 4. The molecule has 0 spiro atoms. The summed E-state index contributed by atoms with van der Waals surface area (Å²) >= 11 is 0. The summed E-state index contributed by atoms with van der Waals surface area (Å²) in [6, 6.07) is 5.48. The molecule has 0 radical (unpaired) electrons. The van der Waals surface area contributed by atoms with Gasteiger partial charge in [0.2, 0.25) is 11.6 Å². The third kappa shape index (κ3) is 3.55. The summed E-state index contributed by atoms with van der Waals surface area (Å²) in [6.45, 7) is 1.04. The van der Waals surface area contributed by atoms with Crippen LogP contribution in [0.1, 0.15) is 17.9 Å². The van der Waals surface area contributed by atoms with E-state index < -0.39 is 0 Å². The Hall–Kier alpha value is -3.14. The molecule has 3 rings (SSSR count). The molecular weight excluding hydrogens is 296 g/mol. The molecule has 116 valence electrons. The Morgan fingerprint density at radius 2 is 2.35 bits per heavy atom. The van der Waals surface area contributed by atoms with Crippen molar-refractivity contribution in [1.82, 2.24) is 14.9 Å². The second-order valence-electron chi connectivity index (χ2n) is 4.98. The lowest BCUT2D eigenvalue weighted by Gasteiger charge is -2.15. The number of likely N-dealkylation sites (tertiary alicyclic amines) is 1.